The second-order valence-electron chi connectivity index (χ2n) is 5.16. The largest absolute Gasteiger partial charge is 0.493 e. The van der Waals surface area contributed by atoms with Crippen molar-refractivity contribution in [2.75, 3.05) is 27.8 Å². The number of aromatic nitrogens is 1. The Morgan fingerprint density at radius 2 is 2.19 bits per heavy atom. The predicted octanol–water partition coefficient (Wildman–Crippen LogP) is 2.36. The molecule has 5 nitrogen and oxygen atoms in total. The highest BCUT2D eigenvalue weighted by molar-refractivity contribution is 5.84. The smallest absolute Gasteiger partial charge is 0.305 e. The van der Waals surface area contributed by atoms with Crippen LogP contribution in [0, 0.1) is 6.07 Å². The Morgan fingerprint density at radius 3 is 2.90 bits per heavy atom. The summed E-state index contributed by atoms with van der Waals surface area (Å²) >= 11 is 0. The molecule has 0 aliphatic rings. The molecule has 0 spiro atoms. The van der Waals surface area contributed by atoms with Crippen LogP contribution in [0.3, 0.4) is 0 Å². The second kappa shape index (κ2) is 7.13. The molecule has 21 heavy (non-hydrogen) atoms. The number of aromatic amines is 1. The summed E-state index contributed by atoms with van der Waals surface area (Å²) in [5.74, 6) is 0.637. The van der Waals surface area contributed by atoms with Crippen molar-refractivity contribution in [3.63, 3.8) is 0 Å². The van der Waals surface area contributed by atoms with E-state index in [-0.39, 0.29) is 5.97 Å². The number of esters is 1. The van der Waals surface area contributed by atoms with E-state index in [1.807, 2.05) is 32.4 Å². The molecule has 5 heteroatoms. The van der Waals surface area contributed by atoms with Gasteiger partial charge in [-0.2, -0.15) is 0 Å². The number of benzene rings is 1. The number of H-pyrrole nitrogens is 1. The molecule has 0 saturated heterocycles. The SMILES string of the molecule is COC(=O)CCCOc1ccc2[c]c[nH]c2c1CN(C)C. The third-order valence-electron chi connectivity index (χ3n) is 3.20. The van der Waals surface area contributed by atoms with E-state index in [0.29, 0.717) is 19.4 Å². The van der Waals surface area contributed by atoms with Crippen molar-refractivity contribution in [1.29, 1.82) is 0 Å². The Hall–Kier alpha value is -2.01. The van der Waals surface area contributed by atoms with Gasteiger partial charge in [0.15, 0.2) is 0 Å². The number of carbonyl (C=O) groups is 1. The molecule has 0 fully saturated rings. The molecule has 2 aromatic rings. The van der Waals surface area contributed by atoms with Crippen LogP contribution in [-0.2, 0) is 16.1 Å². The number of hydrogen-bond acceptors (Lipinski definition) is 4. The lowest BCUT2D eigenvalue weighted by Gasteiger charge is -2.16. The molecule has 113 valence electrons. The lowest BCUT2D eigenvalue weighted by Crippen LogP contribution is -2.13. The van der Waals surface area contributed by atoms with Crippen molar-refractivity contribution < 1.29 is 14.3 Å². The summed E-state index contributed by atoms with van der Waals surface area (Å²) in [5, 5.41) is 1.05. The maximum atomic E-state index is 11.1. The molecule has 0 aliphatic heterocycles. The first kappa shape index (κ1) is 15.4. The first-order valence-corrected chi connectivity index (χ1v) is 6.97. The normalized spacial score (nSPS) is 11.0. The van der Waals surface area contributed by atoms with E-state index in [4.69, 9.17) is 4.74 Å². The number of nitrogens with one attached hydrogen (secondary N) is 1. The summed E-state index contributed by atoms with van der Waals surface area (Å²) in [6, 6.07) is 7.11. The zero-order valence-corrected chi connectivity index (χ0v) is 12.7. The van der Waals surface area contributed by atoms with E-state index in [9.17, 15) is 4.79 Å². The van der Waals surface area contributed by atoms with Gasteiger partial charge in [-0.15, -0.1) is 0 Å². The molecule has 1 radical (unpaired) electrons. The monoisotopic (exact) mass is 289 g/mol. The molecule has 1 N–H and O–H groups in total. The molecule has 0 saturated carbocycles. The number of methoxy groups -OCH3 is 1. The highest BCUT2D eigenvalue weighted by Gasteiger charge is 2.11. The van der Waals surface area contributed by atoms with Gasteiger partial charge >= 0.3 is 5.97 Å². The van der Waals surface area contributed by atoms with Gasteiger partial charge in [0.2, 0.25) is 0 Å². The van der Waals surface area contributed by atoms with E-state index in [1.54, 1.807) is 0 Å². The standard InChI is InChI=1S/C16H21N2O3/c1-18(2)11-13-14(21-10-4-5-15(19)20-3)7-6-12-8-9-17-16(12)13/h6-7,9,17H,4-5,10-11H2,1-3H3. The van der Waals surface area contributed by atoms with Crippen LogP contribution in [0.2, 0.25) is 0 Å². The van der Waals surface area contributed by atoms with Gasteiger partial charge in [0.1, 0.15) is 5.75 Å². The molecule has 0 bridgehead atoms. The molecule has 0 atom stereocenters. The van der Waals surface area contributed by atoms with Crippen molar-refractivity contribution in [2.45, 2.75) is 19.4 Å². The summed E-state index contributed by atoms with van der Waals surface area (Å²) < 4.78 is 10.5. The molecular weight excluding hydrogens is 268 g/mol. The third-order valence-corrected chi connectivity index (χ3v) is 3.20. The number of fused-ring (bicyclic) bond motifs is 1. The van der Waals surface area contributed by atoms with Gasteiger partial charge in [0, 0.05) is 36.2 Å². The molecule has 2 rings (SSSR count). The van der Waals surface area contributed by atoms with E-state index in [1.165, 1.54) is 7.11 Å². The molecule has 0 aliphatic carbocycles. The number of hydrogen-bond donors (Lipinski definition) is 1. The van der Waals surface area contributed by atoms with Crippen LogP contribution in [0.5, 0.6) is 5.75 Å². The van der Waals surface area contributed by atoms with E-state index in [2.05, 4.69) is 20.7 Å². The van der Waals surface area contributed by atoms with Crippen LogP contribution in [0.4, 0.5) is 0 Å². The zero-order valence-electron chi connectivity index (χ0n) is 12.7. The van der Waals surface area contributed by atoms with Crippen LogP contribution in [0.25, 0.3) is 10.9 Å². The minimum atomic E-state index is -0.207. The average molecular weight is 289 g/mol. The van der Waals surface area contributed by atoms with Crippen molar-refractivity contribution in [1.82, 2.24) is 9.88 Å². The quantitative estimate of drug-likeness (QED) is 0.628. The van der Waals surface area contributed by atoms with Crippen LogP contribution in [-0.4, -0.2) is 43.7 Å². The van der Waals surface area contributed by atoms with Crippen molar-refractivity contribution >= 4 is 16.9 Å². The Balaban J connectivity index is 2.09. The van der Waals surface area contributed by atoms with Crippen LogP contribution in [0.15, 0.2) is 18.3 Å². The molecule has 1 aromatic carbocycles. The van der Waals surface area contributed by atoms with Gasteiger partial charge in [-0.05, 0) is 32.6 Å². The van der Waals surface area contributed by atoms with E-state index in [0.717, 1.165) is 28.8 Å². The fourth-order valence-electron chi connectivity index (χ4n) is 2.21. The van der Waals surface area contributed by atoms with Gasteiger partial charge in [-0.25, -0.2) is 0 Å². The summed E-state index contributed by atoms with van der Waals surface area (Å²) in [6.45, 7) is 1.27. The Morgan fingerprint density at radius 1 is 1.38 bits per heavy atom. The van der Waals surface area contributed by atoms with Crippen molar-refractivity contribution in [3.8, 4) is 5.75 Å². The van der Waals surface area contributed by atoms with Crippen molar-refractivity contribution in [3.05, 3.63) is 30.0 Å². The molecular formula is C16H21N2O3. The highest BCUT2D eigenvalue weighted by Crippen LogP contribution is 2.28. The van der Waals surface area contributed by atoms with Crippen molar-refractivity contribution in [2.24, 2.45) is 0 Å². The van der Waals surface area contributed by atoms with E-state index >= 15 is 0 Å². The van der Waals surface area contributed by atoms with E-state index < -0.39 is 0 Å². The maximum absolute atomic E-state index is 11.1. The first-order valence-electron chi connectivity index (χ1n) is 6.97. The predicted molar refractivity (Wildman–Crippen MR) is 81.3 cm³/mol. The minimum Gasteiger partial charge on any atom is -0.493 e. The fraction of sp³-hybridized carbons (Fsp3) is 0.438. The second-order valence-corrected chi connectivity index (χ2v) is 5.16. The summed E-state index contributed by atoms with van der Waals surface area (Å²) in [7, 11) is 5.44. The third kappa shape index (κ3) is 3.98. The van der Waals surface area contributed by atoms with Gasteiger partial charge in [-0.3, -0.25) is 4.79 Å². The topological polar surface area (TPSA) is 54.6 Å². The summed E-state index contributed by atoms with van der Waals surface area (Å²) in [4.78, 5) is 16.4. The number of nitrogens with zero attached hydrogens (tertiary/aromatic N) is 1. The molecule has 0 unspecified atom stereocenters. The number of ether oxygens (including phenoxy) is 2. The Labute approximate surface area is 124 Å². The van der Waals surface area contributed by atoms with Crippen LogP contribution >= 0.6 is 0 Å². The molecule has 1 aromatic heterocycles. The van der Waals surface area contributed by atoms with Crippen LogP contribution < -0.4 is 4.74 Å². The number of carbonyl (C=O) groups excluding carboxylic acids is 1. The number of rotatable bonds is 7. The average Bonchev–Trinajstić information content (AvgIpc) is 2.93. The lowest BCUT2D eigenvalue weighted by atomic mass is 10.1. The Bertz CT molecular complexity index is 605. The summed E-state index contributed by atoms with van der Waals surface area (Å²) in [5.41, 5.74) is 2.16. The Kier molecular flexibility index (Phi) is 5.22. The van der Waals surface area contributed by atoms with Gasteiger partial charge < -0.3 is 19.4 Å². The maximum Gasteiger partial charge on any atom is 0.305 e. The van der Waals surface area contributed by atoms with Gasteiger partial charge in [-0.1, -0.05) is 0 Å². The summed E-state index contributed by atoms with van der Waals surface area (Å²) in [6.07, 6.45) is 2.83. The highest BCUT2D eigenvalue weighted by atomic mass is 16.5. The fourth-order valence-corrected chi connectivity index (χ4v) is 2.21. The molecule has 0 amide bonds. The lowest BCUT2D eigenvalue weighted by molar-refractivity contribution is -0.140. The zero-order chi connectivity index (χ0) is 15.2. The van der Waals surface area contributed by atoms with Crippen LogP contribution in [0.1, 0.15) is 18.4 Å². The minimum absolute atomic E-state index is 0.207. The molecule has 1 heterocycles. The first-order chi connectivity index (χ1) is 10.1. The van der Waals surface area contributed by atoms with Gasteiger partial charge in [0.25, 0.3) is 0 Å². The van der Waals surface area contributed by atoms with Gasteiger partial charge in [0.05, 0.1) is 19.2 Å².